The topological polar surface area (TPSA) is 87.2 Å². The Morgan fingerprint density at radius 3 is 2.46 bits per heavy atom. The molecule has 0 aliphatic heterocycles. The molecule has 6 heteroatoms. The molecule has 0 spiro atoms. The van der Waals surface area contributed by atoms with Crippen LogP contribution in [0.4, 0.5) is 0 Å². The van der Waals surface area contributed by atoms with Crippen LogP contribution in [0.5, 0.6) is 0 Å². The summed E-state index contributed by atoms with van der Waals surface area (Å²) >= 11 is 5.81. The second kappa shape index (κ2) is 7.54. The standard InChI is InChI=1S/C20H16ClNO4/c21-15-7-5-12(6-8-15)18(23)10-14(20(25)26)9-13-11-19(24)22-17-4-2-1-3-16(13)17/h1-8,11,14H,9-10H2,(H,22,24)(H,25,26). The van der Waals surface area contributed by atoms with Crippen LogP contribution < -0.4 is 5.56 Å². The van der Waals surface area contributed by atoms with Crippen molar-refractivity contribution in [2.75, 3.05) is 0 Å². The Balaban J connectivity index is 1.88. The molecule has 0 radical (unpaired) electrons. The van der Waals surface area contributed by atoms with Gasteiger partial charge in [-0.2, -0.15) is 0 Å². The van der Waals surface area contributed by atoms with Gasteiger partial charge in [0.15, 0.2) is 5.78 Å². The molecular formula is C20H16ClNO4. The lowest BCUT2D eigenvalue weighted by molar-refractivity contribution is -0.141. The van der Waals surface area contributed by atoms with Gasteiger partial charge in [-0.25, -0.2) is 0 Å². The molecule has 3 aromatic rings. The molecule has 132 valence electrons. The number of para-hydroxylation sites is 1. The second-order valence-electron chi connectivity index (χ2n) is 6.08. The Kier molecular flexibility index (Phi) is 5.19. The predicted octanol–water partition coefficient (Wildman–Crippen LogP) is 3.70. The van der Waals surface area contributed by atoms with Gasteiger partial charge in [-0.1, -0.05) is 29.8 Å². The number of Topliss-reactive ketones (excluding diaryl/α,β-unsaturated/α-hetero) is 1. The van der Waals surface area contributed by atoms with Crippen LogP contribution in [-0.2, 0) is 11.2 Å². The fourth-order valence-corrected chi connectivity index (χ4v) is 3.06. The highest BCUT2D eigenvalue weighted by molar-refractivity contribution is 6.30. The first-order valence-corrected chi connectivity index (χ1v) is 8.44. The van der Waals surface area contributed by atoms with Gasteiger partial charge in [0.05, 0.1) is 5.92 Å². The van der Waals surface area contributed by atoms with Gasteiger partial charge in [0.1, 0.15) is 0 Å². The van der Waals surface area contributed by atoms with Gasteiger partial charge in [0.25, 0.3) is 0 Å². The van der Waals surface area contributed by atoms with Crippen LogP contribution in [0.3, 0.4) is 0 Å². The number of benzene rings is 2. The number of rotatable bonds is 6. The number of carboxylic acids is 1. The lowest BCUT2D eigenvalue weighted by Crippen LogP contribution is -2.21. The number of aliphatic carboxylic acids is 1. The average Bonchev–Trinajstić information content (AvgIpc) is 2.61. The van der Waals surface area contributed by atoms with Crippen molar-refractivity contribution >= 4 is 34.3 Å². The number of hydrogen-bond donors (Lipinski definition) is 2. The van der Waals surface area contributed by atoms with Crippen LogP contribution in [0.15, 0.2) is 59.4 Å². The minimum atomic E-state index is -1.07. The summed E-state index contributed by atoms with van der Waals surface area (Å²) in [6.07, 6.45) is -0.0583. The highest BCUT2D eigenvalue weighted by Crippen LogP contribution is 2.22. The molecule has 1 atom stereocenters. The zero-order chi connectivity index (χ0) is 18.7. The van der Waals surface area contributed by atoms with Crippen molar-refractivity contribution < 1.29 is 14.7 Å². The molecule has 1 heterocycles. The summed E-state index contributed by atoms with van der Waals surface area (Å²) in [5.41, 5.74) is 1.37. The van der Waals surface area contributed by atoms with E-state index in [0.717, 1.165) is 5.39 Å². The molecule has 0 saturated carbocycles. The smallest absolute Gasteiger partial charge is 0.307 e. The average molecular weight is 370 g/mol. The molecule has 0 fully saturated rings. The van der Waals surface area contributed by atoms with E-state index in [2.05, 4.69) is 4.98 Å². The number of carboxylic acid groups (broad SMARTS) is 1. The molecule has 2 N–H and O–H groups in total. The number of carbonyl (C=O) groups is 2. The van der Waals surface area contributed by atoms with Crippen molar-refractivity contribution in [3.8, 4) is 0 Å². The van der Waals surface area contributed by atoms with E-state index in [1.165, 1.54) is 6.07 Å². The first kappa shape index (κ1) is 17.9. The second-order valence-corrected chi connectivity index (χ2v) is 6.51. The number of ketones is 1. The molecule has 0 bridgehead atoms. The molecule has 0 saturated heterocycles. The fraction of sp³-hybridized carbons (Fsp3) is 0.150. The highest BCUT2D eigenvalue weighted by atomic mass is 35.5. The summed E-state index contributed by atoms with van der Waals surface area (Å²) in [6.45, 7) is 0. The molecule has 3 rings (SSSR count). The van der Waals surface area contributed by atoms with E-state index in [0.29, 0.717) is 21.7 Å². The van der Waals surface area contributed by atoms with Gasteiger partial charge in [-0.3, -0.25) is 14.4 Å². The third-order valence-corrected chi connectivity index (χ3v) is 4.50. The molecule has 26 heavy (non-hydrogen) atoms. The molecular weight excluding hydrogens is 354 g/mol. The number of hydrogen-bond acceptors (Lipinski definition) is 3. The van der Waals surface area contributed by atoms with Crippen molar-refractivity contribution in [2.24, 2.45) is 5.92 Å². The Hall–Kier alpha value is -2.92. The Morgan fingerprint density at radius 1 is 1.08 bits per heavy atom. The predicted molar refractivity (Wildman–Crippen MR) is 99.8 cm³/mol. The first-order chi connectivity index (χ1) is 12.4. The zero-order valence-electron chi connectivity index (χ0n) is 13.7. The zero-order valence-corrected chi connectivity index (χ0v) is 14.5. The van der Waals surface area contributed by atoms with E-state index in [9.17, 15) is 19.5 Å². The van der Waals surface area contributed by atoms with E-state index in [1.54, 1.807) is 36.4 Å². The van der Waals surface area contributed by atoms with Crippen molar-refractivity contribution in [3.05, 3.63) is 81.1 Å². The van der Waals surface area contributed by atoms with Crippen LogP contribution in [0, 0.1) is 5.92 Å². The van der Waals surface area contributed by atoms with Crippen LogP contribution in [-0.4, -0.2) is 21.8 Å². The SMILES string of the molecule is O=C(CC(Cc1cc(=O)[nH]c2ccccc12)C(=O)O)c1ccc(Cl)cc1. The molecule has 0 aliphatic carbocycles. The molecule has 2 aromatic carbocycles. The van der Waals surface area contributed by atoms with Gasteiger partial charge < -0.3 is 10.1 Å². The number of nitrogens with one attached hydrogen (secondary N) is 1. The molecule has 5 nitrogen and oxygen atoms in total. The first-order valence-electron chi connectivity index (χ1n) is 8.06. The van der Waals surface area contributed by atoms with Crippen molar-refractivity contribution in [3.63, 3.8) is 0 Å². The number of H-pyrrole nitrogens is 1. The number of fused-ring (bicyclic) bond motifs is 1. The summed E-state index contributed by atoms with van der Waals surface area (Å²) in [4.78, 5) is 38.7. The maximum absolute atomic E-state index is 12.4. The van der Waals surface area contributed by atoms with Gasteiger partial charge in [0.2, 0.25) is 5.56 Å². The van der Waals surface area contributed by atoms with E-state index < -0.39 is 11.9 Å². The summed E-state index contributed by atoms with van der Waals surface area (Å²) in [5.74, 6) is -2.27. The van der Waals surface area contributed by atoms with Crippen LogP contribution in [0.1, 0.15) is 22.3 Å². The molecule has 1 unspecified atom stereocenters. The highest BCUT2D eigenvalue weighted by Gasteiger charge is 2.23. The van der Waals surface area contributed by atoms with Gasteiger partial charge in [-0.05, 0) is 42.3 Å². The van der Waals surface area contributed by atoms with Crippen molar-refractivity contribution in [1.29, 1.82) is 0 Å². The number of pyridine rings is 1. The molecule has 0 amide bonds. The largest absolute Gasteiger partial charge is 0.481 e. The monoisotopic (exact) mass is 369 g/mol. The van der Waals surface area contributed by atoms with Gasteiger partial charge >= 0.3 is 5.97 Å². The van der Waals surface area contributed by atoms with Crippen LogP contribution >= 0.6 is 11.6 Å². The third-order valence-electron chi connectivity index (χ3n) is 4.25. The number of halogens is 1. The Bertz CT molecular complexity index is 1020. The number of carbonyl (C=O) groups excluding carboxylic acids is 1. The lowest BCUT2D eigenvalue weighted by Gasteiger charge is -2.13. The van der Waals surface area contributed by atoms with Crippen LogP contribution in [0.25, 0.3) is 10.9 Å². The summed E-state index contributed by atoms with van der Waals surface area (Å²) in [7, 11) is 0. The maximum Gasteiger partial charge on any atom is 0.307 e. The summed E-state index contributed by atoms with van der Waals surface area (Å²) < 4.78 is 0. The van der Waals surface area contributed by atoms with Gasteiger partial charge in [0, 0.05) is 34.0 Å². The minimum absolute atomic E-state index is 0.0963. The van der Waals surface area contributed by atoms with Crippen LogP contribution in [0.2, 0.25) is 5.02 Å². The van der Waals surface area contributed by atoms with Crippen molar-refractivity contribution in [2.45, 2.75) is 12.8 Å². The normalized spacial score (nSPS) is 12.0. The van der Waals surface area contributed by atoms with E-state index in [4.69, 9.17) is 11.6 Å². The fourth-order valence-electron chi connectivity index (χ4n) is 2.94. The third kappa shape index (κ3) is 4.00. The number of aromatic nitrogens is 1. The molecule has 0 aliphatic rings. The van der Waals surface area contributed by atoms with E-state index >= 15 is 0 Å². The Labute approximate surface area is 154 Å². The Morgan fingerprint density at radius 2 is 1.77 bits per heavy atom. The van der Waals surface area contributed by atoms with Crippen molar-refractivity contribution in [1.82, 2.24) is 4.98 Å². The van der Waals surface area contributed by atoms with E-state index in [-0.39, 0.29) is 24.2 Å². The lowest BCUT2D eigenvalue weighted by atomic mass is 9.91. The molecule has 1 aromatic heterocycles. The minimum Gasteiger partial charge on any atom is -0.481 e. The quantitative estimate of drug-likeness (QED) is 0.648. The van der Waals surface area contributed by atoms with E-state index in [1.807, 2.05) is 12.1 Å². The maximum atomic E-state index is 12.4. The van der Waals surface area contributed by atoms with Gasteiger partial charge in [-0.15, -0.1) is 0 Å². The summed E-state index contributed by atoms with van der Waals surface area (Å²) in [6, 6.07) is 14.9. The summed E-state index contributed by atoms with van der Waals surface area (Å²) in [5, 5.41) is 10.8. The number of aromatic amines is 1.